The molecule has 1 fully saturated rings. The zero-order valence-electron chi connectivity index (χ0n) is 15.4. The van der Waals surface area contributed by atoms with E-state index in [1.54, 1.807) is 6.07 Å². The summed E-state index contributed by atoms with van der Waals surface area (Å²) in [4.78, 5) is 5.78. The Kier molecular flexibility index (Phi) is 9.24. The Hall–Kier alpha value is -1.96. The van der Waals surface area contributed by atoms with Crippen molar-refractivity contribution in [3.63, 3.8) is 0 Å². The third-order valence-electron chi connectivity index (χ3n) is 4.46. The van der Waals surface area contributed by atoms with Crippen LogP contribution in [0.1, 0.15) is 24.8 Å². The summed E-state index contributed by atoms with van der Waals surface area (Å²) in [6.45, 7) is 2.18. The van der Waals surface area contributed by atoms with Gasteiger partial charge < -0.3 is 24.8 Å². The number of aromatic hydroxyl groups is 1. The van der Waals surface area contributed by atoms with Crippen LogP contribution >= 0.6 is 0 Å². The average molecular weight is 382 g/mol. The molecule has 2 aliphatic rings. The quantitative estimate of drug-likeness (QED) is 0.709. The van der Waals surface area contributed by atoms with Crippen molar-refractivity contribution in [3.05, 3.63) is 42.1 Å². The number of ether oxygens (including phenoxy) is 1. The molecule has 3 heterocycles. The Morgan fingerprint density at radius 1 is 1.19 bits per heavy atom. The number of phenolic OH excluding ortho intramolecular Hbond substituents is 1. The first-order valence-electron chi connectivity index (χ1n) is 9.26. The lowest BCUT2D eigenvalue weighted by Gasteiger charge is -2.13. The Balaban J connectivity index is 0.000000216. The smallest absolute Gasteiger partial charge is 0.342 e. The van der Waals surface area contributed by atoms with Crippen molar-refractivity contribution >= 4 is 10.9 Å². The van der Waals surface area contributed by atoms with Gasteiger partial charge in [-0.25, -0.2) is 0 Å². The predicted octanol–water partition coefficient (Wildman–Crippen LogP) is 3.68. The van der Waals surface area contributed by atoms with Crippen molar-refractivity contribution in [2.45, 2.75) is 32.3 Å². The number of aromatic amines is 1. The van der Waals surface area contributed by atoms with Crippen molar-refractivity contribution in [1.29, 1.82) is 0 Å². The number of H-pyrrole nitrogens is 1. The van der Waals surface area contributed by atoms with E-state index in [4.69, 9.17) is 9.84 Å². The van der Waals surface area contributed by atoms with Crippen molar-refractivity contribution in [3.8, 4) is 5.75 Å². The van der Waals surface area contributed by atoms with E-state index < -0.39 is 6.61 Å². The van der Waals surface area contributed by atoms with Gasteiger partial charge in [-0.15, -0.1) is 0 Å². The summed E-state index contributed by atoms with van der Waals surface area (Å²) >= 11 is 0. The van der Waals surface area contributed by atoms with Crippen molar-refractivity contribution in [1.82, 2.24) is 9.88 Å². The van der Waals surface area contributed by atoms with Crippen LogP contribution in [0.5, 0.6) is 5.75 Å². The van der Waals surface area contributed by atoms with Crippen LogP contribution in [-0.4, -0.2) is 59.6 Å². The molecule has 7 heteroatoms. The second-order valence-electron chi connectivity index (χ2n) is 6.46. The number of alkyl halides is 2. The number of likely N-dealkylation sites (tertiary alicyclic amines) is 1. The van der Waals surface area contributed by atoms with Gasteiger partial charge in [0.15, 0.2) is 0 Å². The molecule has 4 rings (SSSR count). The highest BCUT2D eigenvalue weighted by Gasteiger charge is 2.12. The van der Waals surface area contributed by atoms with Gasteiger partial charge in [0.05, 0.1) is 13.2 Å². The van der Waals surface area contributed by atoms with Crippen LogP contribution in [0.4, 0.5) is 8.78 Å². The number of hydrogen-bond donors (Lipinski definition) is 3. The van der Waals surface area contributed by atoms with E-state index in [9.17, 15) is 13.9 Å². The van der Waals surface area contributed by atoms with Crippen LogP contribution in [0.25, 0.3) is 10.9 Å². The van der Waals surface area contributed by atoms with Gasteiger partial charge in [-0.1, -0.05) is 12.2 Å². The summed E-state index contributed by atoms with van der Waals surface area (Å²) in [6, 6.07) is 5.51. The Morgan fingerprint density at radius 2 is 1.93 bits per heavy atom. The summed E-state index contributed by atoms with van der Waals surface area (Å²) in [5.74, 6) is 0.347. The van der Waals surface area contributed by atoms with Gasteiger partial charge in [-0.05, 0) is 62.5 Å². The van der Waals surface area contributed by atoms with Gasteiger partial charge in [0.1, 0.15) is 5.75 Å². The second kappa shape index (κ2) is 11.7. The number of halogens is 2. The highest BCUT2D eigenvalue weighted by atomic mass is 19.3. The molecular formula is C20H28F2N2O3. The lowest BCUT2D eigenvalue weighted by atomic mass is 10.1. The first-order chi connectivity index (χ1) is 13.1. The fourth-order valence-electron chi connectivity index (χ4n) is 3.15. The van der Waals surface area contributed by atoms with Gasteiger partial charge in [-0.2, -0.15) is 8.78 Å². The van der Waals surface area contributed by atoms with E-state index >= 15 is 0 Å². The number of phenols is 1. The molecule has 150 valence electrons. The van der Waals surface area contributed by atoms with Gasteiger partial charge in [0, 0.05) is 23.6 Å². The van der Waals surface area contributed by atoms with Crippen molar-refractivity contribution < 1.29 is 23.7 Å². The van der Waals surface area contributed by atoms with Crippen LogP contribution in [0.15, 0.2) is 36.5 Å². The summed E-state index contributed by atoms with van der Waals surface area (Å²) in [5.41, 5.74) is 2.42. The Bertz CT molecular complexity index is 687. The maximum absolute atomic E-state index is 9.89. The number of hydrogen-bond acceptors (Lipinski definition) is 4. The molecule has 0 saturated carbocycles. The van der Waals surface area contributed by atoms with Gasteiger partial charge in [0.2, 0.25) is 0 Å². The predicted molar refractivity (Wildman–Crippen MR) is 102 cm³/mol. The van der Waals surface area contributed by atoms with Crippen LogP contribution in [0.3, 0.4) is 0 Å². The molecule has 1 aromatic heterocycles. The molecule has 0 spiro atoms. The Labute approximate surface area is 158 Å². The molecule has 5 nitrogen and oxygen atoms in total. The first kappa shape index (κ1) is 21.3. The SMILES string of the molecule is C1=CCOCC1.OC(F)F.Oc1ccc2[nH]cc(CCN3CCCC3)c2c1. The zero-order chi connectivity index (χ0) is 19.5. The van der Waals surface area contributed by atoms with E-state index in [0.717, 1.165) is 43.5 Å². The van der Waals surface area contributed by atoms with Crippen molar-refractivity contribution in [2.75, 3.05) is 32.8 Å². The first-order valence-corrected chi connectivity index (χ1v) is 9.26. The van der Waals surface area contributed by atoms with Gasteiger partial charge in [0.25, 0.3) is 0 Å². The summed E-state index contributed by atoms with van der Waals surface area (Å²) in [5, 5.41) is 17.4. The lowest BCUT2D eigenvalue weighted by molar-refractivity contribution is -0.0728. The number of aliphatic hydroxyl groups excluding tert-OH is 1. The molecule has 0 unspecified atom stereocenters. The molecule has 1 aromatic carbocycles. The zero-order valence-corrected chi connectivity index (χ0v) is 15.4. The molecule has 0 amide bonds. The maximum Gasteiger partial charge on any atom is 0.342 e. The monoisotopic (exact) mass is 382 g/mol. The topological polar surface area (TPSA) is 68.7 Å². The molecule has 0 atom stereocenters. The third kappa shape index (κ3) is 8.07. The van der Waals surface area contributed by atoms with E-state index in [2.05, 4.69) is 22.2 Å². The highest BCUT2D eigenvalue weighted by Crippen LogP contribution is 2.23. The van der Waals surface area contributed by atoms with Crippen molar-refractivity contribution in [2.24, 2.45) is 0 Å². The molecular weight excluding hydrogens is 354 g/mol. The maximum atomic E-state index is 9.89. The number of nitrogens with one attached hydrogen (secondary N) is 1. The molecule has 1 saturated heterocycles. The molecule has 0 radical (unpaired) electrons. The molecule has 2 aromatic rings. The van der Waals surface area contributed by atoms with E-state index in [1.807, 2.05) is 18.2 Å². The number of aromatic nitrogens is 1. The number of nitrogens with zero attached hydrogens (tertiary/aromatic N) is 1. The fourth-order valence-corrected chi connectivity index (χ4v) is 3.15. The largest absolute Gasteiger partial charge is 0.508 e. The standard InChI is InChI=1S/C14H18N2O.C5H8O.CH2F2O/c17-12-3-4-14-13(9-12)11(10-15-14)5-8-16-6-1-2-7-16;1-2-4-6-5-3-1;2-1(3)4/h3-4,9-10,15,17H,1-2,5-8H2;1-2H,3-5H2;1,4H. The van der Waals surface area contributed by atoms with E-state index in [1.165, 1.54) is 31.5 Å². The van der Waals surface area contributed by atoms with Crippen LogP contribution in [-0.2, 0) is 11.2 Å². The number of fused-ring (bicyclic) bond motifs is 1. The average Bonchev–Trinajstić information content (AvgIpc) is 3.31. The van der Waals surface area contributed by atoms with E-state index in [-0.39, 0.29) is 0 Å². The van der Waals surface area contributed by atoms with Gasteiger partial charge >= 0.3 is 6.61 Å². The molecule has 0 aliphatic carbocycles. The van der Waals surface area contributed by atoms with Crippen LogP contribution < -0.4 is 0 Å². The number of benzene rings is 1. The number of aliphatic hydroxyl groups is 1. The summed E-state index contributed by atoms with van der Waals surface area (Å²) < 4.78 is 24.8. The molecule has 27 heavy (non-hydrogen) atoms. The van der Waals surface area contributed by atoms with E-state index in [0.29, 0.717) is 5.75 Å². The normalized spacial score (nSPS) is 16.7. The Morgan fingerprint density at radius 3 is 2.48 bits per heavy atom. The minimum atomic E-state index is -3.17. The minimum Gasteiger partial charge on any atom is -0.508 e. The summed E-state index contributed by atoms with van der Waals surface area (Å²) in [7, 11) is 0. The lowest BCUT2D eigenvalue weighted by Crippen LogP contribution is -2.21. The summed E-state index contributed by atoms with van der Waals surface area (Å²) in [6.07, 6.45) is 11.1. The highest BCUT2D eigenvalue weighted by molar-refractivity contribution is 5.84. The molecule has 3 N–H and O–H groups in total. The second-order valence-corrected chi connectivity index (χ2v) is 6.46. The van der Waals surface area contributed by atoms with Crippen LogP contribution in [0.2, 0.25) is 0 Å². The third-order valence-corrected chi connectivity index (χ3v) is 4.46. The van der Waals surface area contributed by atoms with Gasteiger partial charge in [-0.3, -0.25) is 0 Å². The number of rotatable bonds is 3. The minimum absolute atomic E-state index is 0.347. The fraction of sp³-hybridized carbons (Fsp3) is 0.500. The molecule has 2 aliphatic heterocycles. The van der Waals surface area contributed by atoms with Crippen LogP contribution in [0, 0.1) is 0 Å². The molecule has 0 bridgehead atoms.